The third kappa shape index (κ3) is 3.95. The monoisotopic (exact) mass is 379 g/mol. The van der Waals surface area contributed by atoms with Gasteiger partial charge in [0.15, 0.2) is 11.0 Å². The summed E-state index contributed by atoms with van der Waals surface area (Å²) in [5, 5.41) is 14.4. The number of carbonyl (C=O) groups is 1. The standard InChI is InChI=1S/C15H14ClN5OS2/c1-2-21-14(11-4-3-7-23-11)19-20-15(21)24-9-13(22)18-12-6-5-10(16)8-17-12/h3-8H,2,9H2,1H3,(H,17,18,22). The van der Waals surface area contributed by atoms with E-state index in [1.54, 1.807) is 23.5 Å². The van der Waals surface area contributed by atoms with E-state index in [1.165, 1.54) is 18.0 Å². The van der Waals surface area contributed by atoms with E-state index in [0.29, 0.717) is 10.8 Å². The van der Waals surface area contributed by atoms with Crippen LogP contribution in [0.4, 0.5) is 5.82 Å². The summed E-state index contributed by atoms with van der Waals surface area (Å²) in [6.07, 6.45) is 1.49. The molecule has 0 radical (unpaired) electrons. The van der Waals surface area contributed by atoms with Crippen molar-refractivity contribution >= 4 is 46.4 Å². The fourth-order valence-corrected chi connectivity index (χ4v) is 3.66. The number of hydrogen-bond donors (Lipinski definition) is 1. The van der Waals surface area contributed by atoms with Gasteiger partial charge in [-0.2, -0.15) is 0 Å². The summed E-state index contributed by atoms with van der Waals surface area (Å²) in [6, 6.07) is 7.33. The van der Waals surface area contributed by atoms with Crippen LogP contribution >= 0.6 is 34.7 Å². The van der Waals surface area contributed by atoms with E-state index in [-0.39, 0.29) is 11.7 Å². The number of aromatic nitrogens is 4. The molecular weight excluding hydrogens is 366 g/mol. The minimum Gasteiger partial charge on any atom is -0.310 e. The molecule has 124 valence electrons. The van der Waals surface area contributed by atoms with Crippen molar-refractivity contribution in [2.24, 2.45) is 0 Å². The van der Waals surface area contributed by atoms with Crippen LogP contribution in [0.2, 0.25) is 5.02 Å². The zero-order valence-corrected chi connectivity index (χ0v) is 15.2. The normalized spacial score (nSPS) is 10.8. The lowest BCUT2D eigenvalue weighted by molar-refractivity contribution is -0.113. The van der Waals surface area contributed by atoms with Gasteiger partial charge in [-0.25, -0.2) is 4.98 Å². The highest BCUT2D eigenvalue weighted by molar-refractivity contribution is 7.99. The molecule has 0 spiro atoms. The van der Waals surface area contributed by atoms with Gasteiger partial charge < -0.3 is 9.88 Å². The minimum absolute atomic E-state index is 0.154. The van der Waals surface area contributed by atoms with E-state index in [2.05, 4.69) is 20.5 Å². The zero-order valence-electron chi connectivity index (χ0n) is 12.8. The van der Waals surface area contributed by atoms with Crippen LogP contribution in [-0.4, -0.2) is 31.4 Å². The van der Waals surface area contributed by atoms with Crippen molar-refractivity contribution in [2.75, 3.05) is 11.1 Å². The number of pyridine rings is 1. The topological polar surface area (TPSA) is 72.7 Å². The van der Waals surface area contributed by atoms with Gasteiger partial charge in [-0.15, -0.1) is 21.5 Å². The van der Waals surface area contributed by atoms with Gasteiger partial charge in [0, 0.05) is 12.7 Å². The van der Waals surface area contributed by atoms with E-state index in [4.69, 9.17) is 11.6 Å². The number of amides is 1. The van der Waals surface area contributed by atoms with Crippen LogP contribution in [0.15, 0.2) is 41.0 Å². The quantitative estimate of drug-likeness (QED) is 0.659. The highest BCUT2D eigenvalue weighted by atomic mass is 35.5. The fourth-order valence-electron chi connectivity index (χ4n) is 2.03. The lowest BCUT2D eigenvalue weighted by atomic mass is 10.4. The van der Waals surface area contributed by atoms with Crippen LogP contribution in [0, 0.1) is 0 Å². The molecule has 0 aliphatic heterocycles. The van der Waals surface area contributed by atoms with Gasteiger partial charge in [0.05, 0.1) is 15.7 Å². The maximum Gasteiger partial charge on any atom is 0.236 e. The summed E-state index contributed by atoms with van der Waals surface area (Å²) in [7, 11) is 0. The van der Waals surface area contributed by atoms with Crippen molar-refractivity contribution in [3.8, 4) is 10.7 Å². The van der Waals surface area contributed by atoms with Gasteiger partial charge >= 0.3 is 0 Å². The van der Waals surface area contributed by atoms with Crippen LogP contribution in [0.3, 0.4) is 0 Å². The molecule has 3 rings (SSSR count). The van der Waals surface area contributed by atoms with Crippen LogP contribution in [-0.2, 0) is 11.3 Å². The molecule has 0 saturated heterocycles. The molecule has 3 aromatic rings. The Bertz CT molecular complexity index is 817. The van der Waals surface area contributed by atoms with Gasteiger partial charge in [0.25, 0.3) is 0 Å². The first-order chi connectivity index (χ1) is 11.7. The van der Waals surface area contributed by atoms with Crippen LogP contribution in [0.25, 0.3) is 10.7 Å². The molecule has 1 amide bonds. The molecular formula is C15H14ClN5OS2. The Hall–Kier alpha value is -1.90. The average Bonchev–Trinajstić information content (AvgIpc) is 3.23. The van der Waals surface area contributed by atoms with Gasteiger partial charge in [0.2, 0.25) is 5.91 Å². The second-order valence-electron chi connectivity index (χ2n) is 4.73. The first kappa shape index (κ1) is 16.9. The van der Waals surface area contributed by atoms with E-state index in [9.17, 15) is 4.79 Å². The molecule has 0 fully saturated rings. The maximum atomic E-state index is 12.0. The molecule has 1 N–H and O–H groups in total. The number of carbonyl (C=O) groups excluding carboxylic acids is 1. The van der Waals surface area contributed by atoms with Gasteiger partial charge in [-0.05, 0) is 30.5 Å². The number of rotatable bonds is 6. The summed E-state index contributed by atoms with van der Waals surface area (Å²) in [5.41, 5.74) is 0. The second-order valence-corrected chi connectivity index (χ2v) is 7.05. The second kappa shape index (κ2) is 7.78. The number of hydrogen-bond acceptors (Lipinski definition) is 6. The number of nitrogens with zero attached hydrogens (tertiary/aromatic N) is 4. The van der Waals surface area contributed by atoms with E-state index in [1.807, 2.05) is 29.0 Å². The average molecular weight is 380 g/mol. The SMILES string of the molecule is CCn1c(SCC(=O)Nc2ccc(Cl)cn2)nnc1-c1cccs1. The van der Waals surface area contributed by atoms with E-state index < -0.39 is 0 Å². The molecule has 0 aliphatic rings. The highest BCUT2D eigenvalue weighted by Gasteiger charge is 2.15. The summed E-state index contributed by atoms with van der Waals surface area (Å²) in [6.45, 7) is 2.77. The van der Waals surface area contributed by atoms with Crippen molar-refractivity contribution in [3.63, 3.8) is 0 Å². The van der Waals surface area contributed by atoms with Gasteiger partial charge in [-0.3, -0.25) is 4.79 Å². The Morgan fingerprint density at radius 1 is 1.38 bits per heavy atom. The zero-order chi connectivity index (χ0) is 16.9. The third-order valence-electron chi connectivity index (χ3n) is 3.10. The van der Waals surface area contributed by atoms with Crippen molar-refractivity contribution in [2.45, 2.75) is 18.6 Å². The Morgan fingerprint density at radius 2 is 2.25 bits per heavy atom. The number of thioether (sulfide) groups is 1. The molecule has 0 unspecified atom stereocenters. The molecule has 24 heavy (non-hydrogen) atoms. The minimum atomic E-state index is -0.154. The lowest BCUT2D eigenvalue weighted by Gasteiger charge is -2.06. The smallest absolute Gasteiger partial charge is 0.236 e. The van der Waals surface area contributed by atoms with Gasteiger partial charge in [-0.1, -0.05) is 29.4 Å². The largest absolute Gasteiger partial charge is 0.310 e. The van der Waals surface area contributed by atoms with Crippen molar-refractivity contribution < 1.29 is 4.79 Å². The number of nitrogens with one attached hydrogen (secondary N) is 1. The van der Waals surface area contributed by atoms with Crippen molar-refractivity contribution in [1.29, 1.82) is 0 Å². The molecule has 0 atom stereocenters. The molecule has 3 aromatic heterocycles. The number of thiophene rings is 1. The van der Waals surface area contributed by atoms with Gasteiger partial charge in [0.1, 0.15) is 5.82 Å². The third-order valence-corrected chi connectivity index (χ3v) is 5.16. The first-order valence-corrected chi connectivity index (χ1v) is 9.43. The molecule has 0 bridgehead atoms. The predicted molar refractivity (Wildman–Crippen MR) is 97.6 cm³/mol. The van der Waals surface area contributed by atoms with Crippen molar-refractivity contribution in [3.05, 3.63) is 40.9 Å². The van der Waals surface area contributed by atoms with E-state index in [0.717, 1.165) is 22.4 Å². The van der Waals surface area contributed by atoms with Crippen LogP contribution < -0.4 is 5.32 Å². The molecule has 6 nitrogen and oxygen atoms in total. The Morgan fingerprint density at radius 3 is 2.92 bits per heavy atom. The molecule has 3 heterocycles. The Kier molecular flexibility index (Phi) is 5.49. The van der Waals surface area contributed by atoms with E-state index >= 15 is 0 Å². The summed E-state index contributed by atoms with van der Waals surface area (Å²) in [4.78, 5) is 17.1. The van der Waals surface area contributed by atoms with Crippen LogP contribution in [0.1, 0.15) is 6.92 Å². The molecule has 0 saturated carbocycles. The first-order valence-electron chi connectivity index (χ1n) is 7.18. The Balaban J connectivity index is 1.64. The maximum absolute atomic E-state index is 12.0. The lowest BCUT2D eigenvalue weighted by Crippen LogP contribution is -2.15. The number of halogens is 1. The molecule has 0 aliphatic carbocycles. The fraction of sp³-hybridized carbons (Fsp3) is 0.200. The number of anilines is 1. The van der Waals surface area contributed by atoms with Crippen LogP contribution in [0.5, 0.6) is 0 Å². The molecule has 0 aromatic carbocycles. The summed E-state index contributed by atoms with van der Waals surface area (Å²) >= 11 is 8.73. The predicted octanol–water partition coefficient (Wildman–Crippen LogP) is 3.81. The highest BCUT2D eigenvalue weighted by Crippen LogP contribution is 2.27. The molecule has 9 heteroatoms. The summed E-state index contributed by atoms with van der Waals surface area (Å²) < 4.78 is 2.00. The Labute approximate surface area is 152 Å². The van der Waals surface area contributed by atoms with Crippen molar-refractivity contribution in [1.82, 2.24) is 19.7 Å². The summed E-state index contributed by atoms with van der Waals surface area (Å²) in [5.74, 6) is 1.38.